The van der Waals surface area contributed by atoms with Gasteiger partial charge in [-0.2, -0.15) is 0 Å². The van der Waals surface area contributed by atoms with Gasteiger partial charge in [-0.25, -0.2) is 13.8 Å². The van der Waals surface area contributed by atoms with Crippen molar-refractivity contribution in [2.75, 3.05) is 18.0 Å². The lowest BCUT2D eigenvalue weighted by molar-refractivity contribution is 0.0636. The van der Waals surface area contributed by atoms with E-state index in [4.69, 9.17) is 0 Å². The molecular weight excluding hydrogens is 246 g/mol. The third kappa shape index (κ3) is 2.39. The first-order valence-corrected chi connectivity index (χ1v) is 6.62. The molecule has 1 aliphatic rings. The van der Waals surface area contributed by atoms with Crippen LogP contribution in [-0.4, -0.2) is 24.5 Å². The molecule has 0 radical (unpaired) electrons. The summed E-state index contributed by atoms with van der Waals surface area (Å²) in [5, 5.41) is 2.24. The number of hydrogen-bond donors (Lipinski definition) is 0. The van der Waals surface area contributed by atoms with Crippen LogP contribution in [0.5, 0.6) is 0 Å². The van der Waals surface area contributed by atoms with E-state index in [1.807, 2.05) is 30.3 Å². The minimum atomic E-state index is -2.19. The van der Waals surface area contributed by atoms with E-state index >= 15 is 0 Å². The third-order valence-electron chi connectivity index (χ3n) is 3.85. The fraction of sp³-hybridized carbons (Fsp3) is 0.400. The third-order valence-corrected chi connectivity index (χ3v) is 3.85. The summed E-state index contributed by atoms with van der Waals surface area (Å²) in [5.74, 6) is 0.469. The van der Waals surface area contributed by atoms with Gasteiger partial charge in [0.25, 0.3) is 0 Å². The summed E-state index contributed by atoms with van der Waals surface area (Å²) in [4.78, 5) is 6.57. The second-order valence-electron chi connectivity index (χ2n) is 5.01. The van der Waals surface area contributed by atoms with Crippen LogP contribution in [0.1, 0.15) is 12.8 Å². The molecule has 3 rings (SSSR count). The van der Waals surface area contributed by atoms with Crippen molar-refractivity contribution in [1.29, 1.82) is 0 Å². The molecule has 2 heterocycles. The van der Waals surface area contributed by atoms with Gasteiger partial charge in [0, 0.05) is 30.6 Å². The molecule has 0 amide bonds. The number of nitrogens with zero attached hydrogens (tertiary/aromatic N) is 2. The number of piperidine rings is 1. The van der Waals surface area contributed by atoms with E-state index < -0.39 is 12.3 Å². The lowest BCUT2D eigenvalue weighted by atomic mass is 9.97. The van der Waals surface area contributed by atoms with Gasteiger partial charge in [-0.05, 0) is 24.3 Å². The average molecular weight is 262 g/mol. The van der Waals surface area contributed by atoms with Gasteiger partial charge in [0.05, 0.1) is 0 Å². The maximum absolute atomic E-state index is 12.7. The van der Waals surface area contributed by atoms with E-state index in [0.717, 1.165) is 16.6 Å². The van der Waals surface area contributed by atoms with Gasteiger partial charge in [0.1, 0.15) is 5.82 Å². The molecule has 0 aliphatic carbocycles. The van der Waals surface area contributed by atoms with Crippen molar-refractivity contribution in [3.63, 3.8) is 0 Å². The highest BCUT2D eigenvalue weighted by Crippen LogP contribution is 2.30. The summed E-state index contributed by atoms with van der Waals surface area (Å²) in [6.07, 6.45) is 0.685. The van der Waals surface area contributed by atoms with Gasteiger partial charge in [-0.3, -0.25) is 0 Å². The molecule has 0 unspecified atom stereocenters. The molecule has 0 saturated carbocycles. The Balaban J connectivity index is 1.86. The van der Waals surface area contributed by atoms with E-state index in [1.165, 1.54) is 0 Å². The molecule has 19 heavy (non-hydrogen) atoms. The first kappa shape index (κ1) is 12.3. The smallest absolute Gasteiger partial charge is 0.241 e. The van der Waals surface area contributed by atoms with Crippen molar-refractivity contribution < 1.29 is 8.78 Å². The molecule has 2 nitrogen and oxygen atoms in total. The van der Waals surface area contributed by atoms with Crippen LogP contribution in [-0.2, 0) is 0 Å². The van der Waals surface area contributed by atoms with Crippen LogP contribution in [0.15, 0.2) is 36.5 Å². The normalized spacial score (nSPS) is 17.3. The Morgan fingerprint density at radius 3 is 2.58 bits per heavy atom. The number of hydrogen-bond acceptors (Lipinski definition) is 2. The molecule has 1 aliphatic heterocycles. The van der Waals surface area contributed by atoms with Crippen molar-refractivity contribution in [3.05, 3.63) is 36.5 Å². The molecule has 0 bridgehead atoms. The Morgan fingerprint density at radius 2 is 1.84 bits per heavy atom. The molecular formula is C15H16F2N2. The Bertz CT molecular complexity index is 558. The lowest BCUT2D eigenvalue weighted by Crippen LogP contribution is -2.36. The van der Waals surface area contributed by atoms with Crippen LogP contribution in [0.4, 0.5) is 14.6 Å². The van der Waals surface area contributed by atoms with E-state index in [0.29, 0.717) is 25.9 Å². The number of aromatic nitrogens is 1. The molecule has 4 heteroatoms. The summed E-state index contributed by atoms with van der Waals surface area (Å²) in [7, 11) is 0. The van der Waals surface area contributed by atoms with E-state index in [2.05, 4.69) is 9.88 Å². The van der Waals surface area contributed by atoms with Crippen LogP contribution in [0.3, 0.4) is 0 Å². The standard InChI is InChI=1S/C15H16F2N2/c16-14(17)12-6-9-19(10-7-12)15-13-4-2-1-3-11(13)5-8-18-15/h1-5,8,12,14H,6-7,9-10H2. The summed E-state index contributed by atoms with van der Waals surface area (Å²) < 4.78 is 25.3. The summed E-state index contributed by atoms with van der Waals surface area (Å²) >= 11 is 0. The fourth-order valence-corrected chi connectivity index (χ4v) is 2.72. The monoisotopic (exact) mass is 262 g/mol. The van der Waals surface area contributed by atoms with Crippen LogP contribution >= 0.6 is 0 Å². The highest BCUT2D eigenvalue weighted by Gasteiger charge is 2.27. The van der Waals surface area contributed by atoms with Gasteiger partial charge < -0.3 is 4.90 Å². The molecule has 1 aromatic carbocycles. The molecule has 100 valence electrons. The van der Waals surface area contributed by atoms with E-state index in [-0.39, 0.29) is 0 Å². The molecule has 0 N–H and O–H groups in total. The second kappa shape index (κ2) is 5.11. The molecule has 2 aromatic rings. The van der Waals surface area contributed by atoms with Crippen molar-refractivity contribution >= 4 is 16.6 Å². The second-order valence-corrected chi connectivity index (χ2v) is 5.01. The number of anilines is 1. The number of fused-ring (bicyclic) bond motifs is 1. The number of halogens is 2. The molecule has 0 spiro atoms. The topological polar surface area (TPSA) is 16.1 Å². The zero-order valence-electron chi connectivity index (χ0n) is 10.6. The maximum Gasteiger partial charge on any atom is 0.241 e. The van der Waals surface area contributed by atoms with Gasteiger partial charge in [0.15, 0.2) is 0 Å². The summed E-state index contributed by atoms with van der Waals surface area (Å²) in [5.41, 5.74) is 0. The Kier molecular flexibility index (Phi) is 3.32. The van der Waals surface area contributed by atoms with Crippen LogP contribution in [0, 0.1) is 5.92 Å². The van der Waals surface area contributed by atoms with Crippen molar-refractivity contribution in [2.45, 2.75) is 19.3 Å². The van der Waals surface area contributed by atoms with Crippen molar-refractivity contribution in [1.82, 2.24) is 4.98 Å². The van der Waals surface area contributed by atoms with Crippen LogP contribution in [0.2, 0.25) is 0 Å². The largest absolute Gasteiger partial charge is 0.356 e. The van der Waals surface area contributed by atoms with Crippen molar-refractivity contribution in [2.24, 2.45) is 5.92 Å². The predicted molar refractivity (Wildman–Crippen MR) is 72.7 cm³/mol. The van der Waals surface area contributed by atoms with Gasteiger partial charge >= 0.3 is 0 Å². The number of pyridine rings is 1. The zero-order valence-corrected chi connectivity index (χ0v) is 10.6. The maximum atomic E-state index is 12.7. The van der Waals surface area contributed by atoms with Crippen LogP contribution < -0.4 is 4.90 Å². The minimum Gasteiger partial charge on any atom is -0.356 e. The quantitative estimate of drug-likeness (QED) is 0.820. The van der Waals surface area contributed by atoms with Crippen molar-refractivity contribution in [3.8, 4) is 0 Å². The zero-order chi connectivity index (χ0) is 13.2. The minimum absolute atomic E-state index is 0.453. The highest BCUT2D eigenvalue weighted by atomic mass is 19.3. The number of benzene rings is 1. The molecule has 0 atom stereocenters. The number of rotatable bonds is 2. The van der Waals surface area contributed by atoms with Crippen LogP contribution in [0.25, 0.3) is 10.8 Å². The molecule has 1 aromatic heterocycles. The fourth-order valence-electron chi connectivity index (χ4n) is 2.72. The molecule has 1 saturated heterocycles. The number of alkyl halides is 2. The van der Waals surface area contributed by atoms with E-state index in [9.17, 15) is 8.78 Å². The van der Waals surface area contributed by atoms with Gasteiger partial charge in [-0.1, -0.05) is 24.3 Å². The van der Waals surface area contributed by atoms with Gasteiger partial charge in [-0.15, -0.1) is 0 Å². The first-order chi connectivity index (χ1) is 9.25. The highest BCUT2D eigenvalue weighted by molar-refractivity contribution is 5.92. The Morgan fingerprint density at radius 1 is 1.11 bits per heavy atom. The van der Waals surface area contributed by atoms with Gasteiger partial charge in [0.2, 0.25) is 6.43 Å². The lowest BCUT2D eigenvalue weighted by Gasteiger charge is -2.33. The Labute approximate surface area is 111 Å². The molecule has 1 fully saturated rings. The average Bonchev–Trinajstić information content (AvgIpc) is 2.47. The summed E-state index contributed by atoms with van der Waals surface area (Å²) in [6, 6.07) is 10.0. The first-order valence-electron chi connectivity index (χ1n) is 6.62. The van der Waals surface area contributed by atoms with E-state index in [1.54, 1.807) is 6.20 Å². The summed E-state index contributed by atoms with van der Waals surface area (Å²) in [6.45, 7) is 1.33. The SMILES string of the molecule is FC(F)C1CCN(c2nccc3ccccc23)CC1. The Hall–Kier alpha value is -1.71. The predicted octanol–water partition coefficient (Wildman–Crippen LogP) is 3.72.